The van der Waals surface area contributed by atoms with Gasteiger partial charge in [-0.1, -0.05) is 12.1 Å². The maximum Gasteiger partial charge on any atom is 0.340 e. The number of anilines is 1. The monoisotopic (exact) mass is 383 g/mol. The Morgan fingerprint density at radius 3 is 2.42 bits per heavy atom. The molecule has 0 heterocycles. The minimum Gasteiger partial charge on any atom is -0.449 e. The highest BCUT2D eigenvalue weighted by atomic mass is 32.2. The van der Waals surface area contributed by atoms with Crippen LogP contribution in [-0.4, -0.2) is 32.7 Å². The third kappa shape index (κ3) is 4.63. The minimum atomic E-state index is -3.69. The highest BCUT2D eigenvalue weighted by Crippen LogP contribution is 2.18. The van der Waals surface area contributed by atoms with E-state index in [0.717, 1.165) is 24.5 Å². The lowest BCUT2D eigenvalue weighted by Gasteiger charge is -2.15. The van der Waals surface area contributed by atoms with Gasteiger partial charge < -0.3 is 10.1 Å². The molecule has 0 aliphatic rings. The number of esters is 1. The zero-order valence-electron chi connectivity index (χ0n) is 13.8. The van der Waals surface area contributed by atoms with Crippen LogP contribution in [0.5, 0.6) is 0 Å². The van der Waals surface area contributed by atoms with Crippen LogP contribution >= 0.6 is 0 Å². The van der Waals surface area contributed by atoms with Crippen molar-refractivity contribution >= 4 is 27.4 Å². The Hall–Kier alpha value is -2.81. The number of hydrogen-bond donors (Lipinski definition) is 1. The highest BCUT2D eigenvalue weighted by Gasteiger charge is 2.24. The van der Waals surface area contributed by atoms with E-state index in [-0.39, 0.29) is 10.5 Å². The van der Waals surface area contributed by atoms with Crippen LogP contribution in [0.1, 0.15) is 17.3 Å². The topological polar surface area (TPSA) is 89.5 Å². The summed E-state index contributed by atoms with van der Waals surface area (Å²) in [6, 6.07) is 7.86. The number of benzene rings is 2. The Bertz CT molecular complexity index is 959. The molecule has 138 valence electrons. The van der Waals surface area contributed by atoms with E-state index >= 15 is 0 Å². The zero-order chi connectivity index (χ0) is 19.5. The number of amides is 1. The van der Waals surface area contributed by atoms with Crippen molar-refractivity contribution in [1.82, 2.24) is 0 Å². The molecular weight excluding hydrogens is 368 g/mol. The van der Waals surface area contributed by atoms with Crippen molar-refractivity contribution in [3.05, 3.63) is 59.7 Å². The molecule has 0 bridgehead atoms. The quantitative estimate of drug-likeness (QED) is 0.802. The molecule has 1 atom stereocenters. The Morgan fingerprint density at radius 1 is 1.12 bits per heavy atom. The van der Waals surface area contributed by atoms with Gasteiger partial charge in [0, 0.05) is 12.3 Å². The first-order valence-corrected chi connectivity index (χ1v) is 9.24. The van der Waals surface area contributed by atoms with Crippen LogP contribution in [0.4, 0.5) is 14.5 Å². The molecule has 9 heteroatoms. The van der Waals surface area contributed by atoms with Gasteiger partial charge in [0.25, 0.3) is 5.91 Å². The molecule has 0 saturated heterocycles. The van der Waals surface area contributed by atoms with Crippen molar-refractivity contribution in [1.29, 1.82) is 0 Å². The Balaban J connectivity index is 2.15. The molecule has 0 fully saturated rings. The Morgan fingerprint density at radius 2 is 1.77 bits per heavy atom. The molecule has 26 heavy (non-hydrogen) atoms. The summed E-state index contributed by atoms with van der Waals surface area (Å²) in [5, 5.41) is 2.10. The lowest BCUT2D eigenvalue weighted by molar-refractivity contribution is -0.123. The van der Waals surface area contributed by atoms with Gasteiger partial charge in [-0.25, -0.2) is 22.0 Å². The van der Waals surface area contributed by atoms with Crippen LogP contribution in [0.2, 0.25) is 0 Å². The van der Waals surface area contributed by atoms with E-state index in [0.29, 0.717) is 0 Å². The van der Waals surface area contributed by atoms with Gasteiger partial charge in [0.05, 0.1) is 16.1 Å². The van der Waals surface area contributed by atoms with Crippen molar-refractivity contribution in [3.8, 4) is 0 Å². The molecule has 2 aromatic carbocycles. The summed E-state index contributed by atoms with van der Waals surface area (Å²) in [7, 11) is -3.69. The van der Waals surface area contributed by atoms with Crippen LogP contribution in [0.15, 0.2) is 47.4 Å². The maximum absolute atomic E-state index is 13.5. The first kappa shape index (κ1) is 19.5. The Labute approximate surface area is 148 Å². The van der Waals surface area contributed by atoms with Gasteiger partial charge in [0.2, 0.25) is 0 Å². The van der Waals surface area contributed by atoms with Gasteiger partial charge in [-0.3, -0.25) is 4.79 Å². The third-order valence-corrected chi connectivity index (χ3v) is 4.50. The number of nitrogens with one attached hydrogen (secondary N) is 1. The van der Waals surface area contributed by atoms with Crippen LogP contribution in [0.25, 0.3) is 0 Å². The van der Waals surface area contributed by atoms with E-state index in [4.69, 9.17) is 4.74 Å². The van der Waals surface area contributed by atoms with E-state index < -0.39 is 45.1 Å². The van der Waals surface area contributed by atoms with Crippen molar-refractivity contribution in [2.24, 2.45) is 0 Å². The molecule has 0 radical (unpaired) electrons. The van der Waals surface area contributed by atoms with Gasteiger partial charge in [-0.05, 0) is 31.2 Å². The summed E-state index contributed by atoms with van der Waals surface area (Å²) in [5.41, 5.74) is -0.638. The molecule has 0 aliphatic heterocycles. The molecule has 0 aliphatic carbocycles. The predicted octanol–water partition coefficient (Wildman–Crippen LogP) is 2.55. The van der Waals surface area contributed by atoms with Crippen molar-refractivity contribution in [2.75, 3.05) is 11.6 Å². The molecule has 2 aromatic rings. The van der Waals surface area contributed by atoms with Gasteiger partial charge in [0.1, 0.15) is 11.6 Å². The summed E-state index contributed by atoms with van der Waals surface area (Å²) in [6.07, 6.45) is -0.445. The lowest BCUT2D eigenvalue weighted by Crippen LogP contribution is -2.30. The molecule has 1 amide bonds. The number of carbonyl (C=O) groups excluding carboxylic acids is 2. The molecule has 1 N–H and O–H groups in total. The van der Waals surface area contributed by atoms with Crippen LogP contribution in [0, 0.1) is 11.6 Å². The minimum absolute atomic E-state index is 0.230. The summed E-state index contributed by atoms with van der Waals surface area (Å²) in [6.45, 7) is 1.22. The standard InChI is InChI=1S/C17H15F2NO5S/c1-10(16(21)20-14-9-11(18)7-8-13(14)19)25-17(22)12-5-3-4-6-15(12)26(2,23)24/h3-10H,1-2H3,(H,20,21)/t10-/m0/s1. The van der Waals surface area contributed by atoms with Gasteiger partial charge in [-0.15, -0.1) is 0 Å². The molecule has 0 saturated carbocycles. The van der Waals surface area contributed by atoms with Crippen LogP contribution in [0.3, 0.4) is 0 Å². The van der Waals surface area contributed by atoms with Crippen molar-refractivity contribution in [3.63, 3.8) is 0 Å². The van der Waals surface area contributed by atoms with E-state index in [1.807, 2.05) is 0 Å². The number of sulfone groups is 1. The first-order valence-electron chi connectivity index (χ1n) is 7.35. The molecule has 6 nitrogen and oxygen atoms in total. The molecule has 2 rings (SSSR count). The normalized spacial score (nSPS) is 12.3. The van der Waals surface area contributed by atoms with Crippen LogP contribution in [-0.2, 0) is 19.4 Å². The number of halogens is 2. The largest absolute Gasteiger partial charge is 0.449 e. The fourth-order valence-electron chi connectivity index (χ4n) is 2.06. The third-order valence-electron chi connectivity index (χ3n) is 3.35. The lowest BCUT2D eigenvalue weighted by atomic mass is 10.2. The smallest absolute Gasteiger partial charge is 0.340 e. The second kappa shape index (κ2) is 7.61. The first-order chi connectivity index (χ1) is 12.1. The Kier molecular flexibility index (Phi) is 5.71. The second-order valence-corrected chi connectivity index (χ2v) is 7.41. The summed E-state index contributed by atoms with van der Waals surface area (Å²) < 4.78 is 55.1. The van der Waals surface area contributed by atoms with E-state index in [2.05, 4.69) is 5.32 Å². The summed E-state index contributed by atoms with van der Waals surface area (Å²) in [4.78, 5) is 24.0. The zero-order valence-corrected chi connectivity index (χ0v) is 14.6. The van der Waals surface area contributed by atoms with Crippen molar-refractivity contribution in [2.45, 2.75) is 17.9 Å². The SMILES string of the molecule is C[C@H](OC(=O)c1ccccc1S(C)(=O)=O)C(=O)Nc1cc(F)ccc1F. The van der Waals surface area contributed by atoms with Gasteiger partial charge >= 0.3 is 5.97 Å². The number of rotatable bonds is 5. The average Bonchev–Trinajstić information content (AvgIpc) is 2.57. The van der Waals surface area contributed by atoms with E-state index in [1.54, 1.807) is 0 Å². The fraction of sp³-hybridized carbons (Fsp3) is 0.176. The van der Waals surface area contributed by atoms with E-state index in [9.17, 15) is 26.8 Å². The molecular formula is C17H15F2NO5S. The number of ether oxygens (including phenoxy) is 1. The predicted molar refractivity (Wildman–Crippen MR) is 89.4 cm³/mol. The van der Waals surface area contributed by atoms with Gasteiger partial charge in [-0.2, -0.15) is 0 Å². The maximum atomic E-state index is 13.5. The van der Waals surface area contributed by atoms with Crippen LogP contribution < -0.4 is 5.32 Å². The molecule has 0 spiro atoms. The highest BCUT2D eigenvalue weighted by molar-refractivity contribution is 7.90. The number of carbonyl (C=O) groups is 2. The second-order valence-electron chi connectivity index (χ2n) is 5.43. The summed E-state index contributed by atoms with van der Waals surface area (Å²) >= 11 is 0. The van der Waals surface area contributed by atoms with Gasteiger partial charge in [0.15, 0.2) is 15.9 Å². The van der Waals surface area contributed by atoms with Crippen molar-refractivity contribution < 1.29 is 31.5 Å². The molecule has 0 unspecified atom stereocenters. The van der Waals surface area contributed by atoms with E-state index in [1.165, 1.54) is 31.2 Å². The number of hydrogen-bond acceptors (Lipinski definition) is 5. The molecule has 0 aromatic heterocycles. The fourth-order valence-corrected chi connectivity index (χ4v) is 2.94. The average molecular weight is 383 g/mol. The summed E-state index contributed by atoms with van der Waals surface area (Å²) in [5.74, 6) is -3.55.